The first-order valence-corrected chi connectivity index (χ1v) is 3.78. The molecule has 0 fully saturated rings. The van der Waals surface area contributed by atoms with Gasteiger partial charge in [-0.15, -0.1) is 15.3 Å². The van der Waals surface area contributed by atoms with Crippen molar-refractivity contribution in [2.45, 2.75) is 6.18 Å². The van der Waals surface area contributed by atoms with Crippen LogP contribution < -0.4 is 11.3 Å². The van der Waals surface area contributed by atoms with Crippen molar-refractivity contribution in [3.8, 4) is 0 Å². The summed E-state index contributed by atoms with van der Waals surface area (Å²) in [6, 6.07) is 2.72. The second kappa shape index (κ2) is 3.05. The fourth-order valence-electron chi connectivity index (χ4n) is 1.04. The maximum absolute atomic E-state index is 12.4. The summed E-state index contributed by atoms with van der Waals surface area (Å²) in [6.07, 6.45) is -4.60. The summed E-state index contributed by atoms with van der Waals surface area (Å²) < 4.78 is 37.7. The molecule has 2 aromatic rings. The van der Waals surface area contributed by atoms with Crippen LogP contribution in [0, 0.1) is 0 Å². The van der Waals surface area contributed by atoms with Gasteiger partial charge in [0.1, 0.15) is 0 Å². The standard InChI is InChI=1S/C6H5F3N6/c7-6(8,9)5-13-12-4-2-1-3(11-10)14-15(4)5/h1-2H,10H2,(H,11,14). The Bertz CT molecular complexity index is 489. The van der Waals surface area contributed by atoms with E-state index in [1.54, 1.807) is 0 Å². The van der Waals surface area contributed by atoms with Crippen LogP contribution in [0.15, 0.2) is 12.1 Å². The van der Waals surface area contributed by atoms with Crippen LogP contribution in [-0.2, 0) is 6.18 Å². The maximum atomic E-state index is 12.4. The van der Waals surface area contributed by atoms with Gasteiger partial charge in [-0.05, 0) is 12.1 Å². The van der Waals surface area contributed by atoms with Crippen LogP contribution in [0.5, 0.6) is 0 Å². The predicted molar refractivity (Wildman–Crippen MR) is 43.6 cm³/mol. The quantitative estimate of drug-likeness (QED) is 0.535. The Kier molecular flexibility index (Phi) is 1.96. The van der Waals surface area contributed by atoms with Crippen molar-refractivity contribution in [2.24, 2.45) is 5.84 Å². The smallest absolute Gasteiger partial charge is 0.307 e. The van der Waals surface area contributed by atoms with E-state index in [0.717, 1.165) is 0 Å². The molecule has 0 saturated carbocycles. The van der Waals surface area contributed by atoms with E-state index in [-0.39, 0.29) is 11.5 Å². The highest BCUT2D eigenvalue weighted by molar-refractivity contribution is 5.43. The van der Waals surface area contributed by atoms with Gasteiger partial charge in [0.15, 0.2) is 11.5 Å². The Morgan fingerprint density at radius 3 is 2.60 bits per heavy atom. The van der Waals surface area contributed by atoms with Crippen LogP contribution in [0.4, 0.5) is 19.0 Å². The van der Waals surface area contributed by atoms with Gasteiger partial charge >= 0.3 is 6.18 Å². The SMILES string of the molecule is NNc1ccc2nnc(C(F)(F)F)n2n1. The lowest BCUT2D eigenvalue weighted by molar-refractivity contribution is -0.146. The van der Waals surface area contributed by atoms with Gasteiger partial charge in [0, 0.05) is 0 Å². The van der Waals surface area contributed by atoms with Gasteiger partial charge in [0.05, 0.1) is 0 Å². The van der Waals surface area contributed by atoms with Gasteiger partial charge in [-0.2, -0.15) is 17.7 Å². The molecule has 0 unspecified atom stereocenters. The van der Waals surface area contributed by atoms with Crippen LogP contribution >= 0.6 is 0 Å². The molecule has 0 spiro atoms. The summed E-state index contributed by atoms with van der Waals surface area (Å²) in [5.74, 6) is 3.93. The molecule has 2 heterocycles. The number of anilines is 1. The average Bonchev–Trinajstić information content (AvgIpc) is 2.59. The van der Waals surface area contributed by atoms with Crippen molar-refractivity contribution in [3.63, 3.8) is 0 Å². The van der Waals surface area contributed by atoms with E-state index in [4.69, 9.17) is 5.84 Å². The van der Waals surface area contributed by atoms with E-state index in [9.17, 15) is 13.2 Å². The zero-order valence-corrected chi connectivity index (χ0v) is 7.15. The molecule has 0 bridgehead atoms. The molecule has 0 saturated heterocycles. The van der Waals surface area contributed by atoms with Crippen molar-refractivity contribution in [1.82, 2.24) is 19.8 Å². The number of nitrogens with one attached hydrogen (secondary N) is 1. The third kappa shape index (κ3) is 1.56. The van der Waals surface area contributed by atoms with Gasteiger partial charge in [-0.25, -0.2) is 5.84 Å². The summed E-state index contributed by atoms with van der Waals surface area (Å²) in [7, 11) is 0. The molecule has 0 amide bonds. The fraction of sp³-hybridized carbons (Fsp3) is 0.167. The summed E-state index contributed by atoms with van der Waals surface area (Å²) in [4.78, 5) is 0. The van der Waals surface area contributed by atoms with Crippen LogP contribution in [0.2, 0.25) is 0 Å². The monoisotopic (exact) mass is 218 g/mol. The topological polar surface area (TPSA) is 81.1 Å². The van der Waals surface area contributed by atoms with E-state index in [1.165, 1.54) is 12.1 Å². The highest BCUT2D eigenvalue weighted by Gasteiger charge is 2.37. The van der Waals surface area contributed by atoms with Crippen LogP contribution in [0.1, 0.15) is 5.82 Å². The van der Waals surface area contributed by atoms with Crippen LogP contribution in [0.25, 0.3) is 5.65 Å². The number of halogens is 3. The first-order chi connectivity index (χ1) is 7.02. The van der Waals surface area contributed by atoms with Gasteiger partial charge in [0.2, 0.25) is 0 Å². The lowest BCUT2D eigenvalue weighted by Crippen LogP contribution is -2.15. The molecule has 0 radical (unpaired) electrons. The number of fused-ring (bicyclic) bond motifs is 1. The molecular formula is C6H5F3N6. The molecule has 0 aliphatic rings. The summed E-state index contributed by atoms with van der Waals surface area (Å²) in [6.45, 7) is 0. The highest BCUT2D eigenvalue weighted by Crippen LogP contribution is 2.27. The van der Waals surface area contributed by atoms with Gasteiger partial charge < -0.3 is 5.43 Å². The van der Waals surface area contributed by atoms with E-state index in [0.29, 0.717) is 4.52 Å². The second-order valence-electron chi connectivity index (χ2n) is 2.65. The minimum Gasteiger partial charge on any atom is -0.307 e. The molecule has 0 aliphatic carbocycles. The summed E-state index contributed by atoms with van der Waals surface area (Å²) in [5.41, 5.74) is 2.13. The highest BCUT2D eigenvalue weighted by atomic mass is 19.4. The molecule has 3 N–H and O–H groups in total. The van der Waals surface area contributed by atoms with Crippen LogP contribution in [-0.4, -0.2) is 19.8 Å². The lowest BCUT2D eigenvalue weighted by atomic mass is 10.5. The number of hydrogen-bond donors (Lipinski definition) is 2. The van der Waals surface area contributed by atoms with Crippen molar-refractivity contribution < 1.29 is 13.2 Å². The van der Waals surface area contributed by atoms with Gasteiger partial charge in [-0.1, -0.05) is 0 Å². The summed E-state index contributed by atoms with van der Waals surface area (Å²) in [5, 5.41) is 9.88. The van der Waals surface area contributed by atoms with E-state index < -0.39 is 12.0 Å². The Morgan fingerprint density at radius 2 is 2.00 bits per heavy atom. The predicted octanol–water partition coefficient (Wildman–Crippen LogP) is 0.429. The number of aromatic nitrogens is 4. The van der Waals surface area contributed by atoms with Crippen molar-refractivity contribution in [1.29, 1.82) is 0 Å². The van der Waals surface area contributed by atoms with Crippen molar-refractivity contribution in [2.75, 3.05) is 5.43 Å². The Hall–Kier alpha value is -1.90. The Balaban J connectivity index is 2.67. The number of nitrogens with two attached hydrogens (primary N) is 1. The normalized spacial score (nSPS) is 12.0. The third-order valence-electron chi connectivity index (χ3n) is 1.66. The fourth-order valence-corrected chi connectivity index (χ4v) is 1.04. The molecule has 80 valence electrons. The van der Waals surface area contributed by atoms with E-state index >= 15 is 0 Å². The van der Waals surface area contributed by atoms with E-state index in [1.807, 2.05) is 0 Å². The molecule has 0 aromatic carbocycles. The largest absolute Gasteiger partial charge is 0.453 e. The van der Waals surface area contributed by atoms with Crippen molar-refractivity contribution >= 4 is 11.5 Å². The average molecular weight is 218 g/mol. The Labute approximate surface area is 80.9 Å². The molecule has 15 heavy (non-hydrogen) atoms. The number of nitrogens with zero attached hydrogens (tertiary/aromatic N) is 4. The number of nitrogen functional groups attached to an aromatic ring is 1. The molecule has 0 aliphatic heterocycles. The number of rotatable bonds is 1. The molecule has 2 aromatic heterocycles. The number of alkyl halides is 3. The molecule has 6 nitrogen and oxygen atoms in total. The molecule has 2 rings (SSSR count). The molecule has 0 atom stereocenters. The number of hydrazine groups is 1. The Morgan fingerprint density at radius 1 is 1.27 bits per heavy atom. The molecular weight excluding hydrogens is 213 g/mol. The first-order valence-electron chi connectivity index (χ1n) is 3.78. The minimum absolute atomic E-state index is 0.00123. The summed E-state index contributed by atoms with van der Waals surface area (Å²) >= 11 is 0. The van der Waals surface area contributed by atoms with Crippen molar-refractivity contribution in [3.05, 3.63) is 18.0 Å². The first kappa shape index (κ1) is 9.65. The zero-order chi connectivity index (χ0) is 11.1. The van der Waals surface area contributed by atoms with Gasteiger partial charge in [-0.3, -0.25) is 0 Å². The minimum atomic E-state index is -4.60. The van der Waals surface area contributed by atoms with E-state index in [2.05, 4.69) is 20.7 Å². The zero-order valence-electron chi connectivity index (χ0n) is 7.15. The maximum Gasteiger partial charge on any atom is 0.453 e. The third-order valence-corrected chi connectivity index (χ3v) is 1.66. The lowest BCUT2D eigenvalue weighted by Gasteiger charge is -2.03. The van der Waals surface area contributed by atoms with Crippen LogP contribution in [0.3, 0.4) is 0 Å². The second-order valence-corrected chi connectivity index (χ2v) is 2.65. The molecule has 9 heteroatoms. The number of hydrogen-bond acceptors (Lipinski definition) is 5. The van der Waals surface area contributed by atoms with Gasteiger partial charge in [0.25, 0.3) is 5.82 Å².